The van der Waals surface area contributed by atoms with Crippen molar-refractivity contribution in [1.29, 1.82) is 0 Å². The van der Waals surface area contributed by atoms with Gasteiger partial charge in [-0.15, -0.1) is 0 Å². The van der Waals surface area contributed by atoms with Gasteiger partial charge in [0.1, 0.15) is 17.1 Å². The zero-order chi connectivity index (χ0) is 10.2. The smallest absolute Gasteiger partial charge is 0.216 e. The van der Waals surface area contributed by atoms with Crippen molar-refractivity contribution in [2.75, 3.05) is 0 Å². The van der Waals surface area contributed by atoms with Crippen LogP contribution in [0, 0.1) is 0 Å². The normalized spacial score (nSPS) is 12.1. The lowest BCUT2D eigenvalue weighted by Gasteiger charge is -1.91. The van der Waals surface area contributed by atoms with Crippen LogP contribution in [0.5, 0.6) is 0 Å². The van der Waals surface area contributed by atoms with E-state index in [1.165, 1.54) is 0 Å². The van der Waals surface area contributed by atoms with Crippen LogP contribution in [0.15, 0.2) is 34.7 Å². The Hall–Kier alpha value is -1.33. The minimum atomic E-state index is -3.52. The summed E-state index contributed by atoms with van der Waals surface area (Å²) in [5, 5.41) is 5.78. The number of primary sulfonamides is 1. The molecule has 14 heavy (non-hydrogen) atoms. The van der Waals surface area contributed by atoms with Crippen molar-refractivity contribution in [2.45, 2.75) is 5.75 Å². The van der Waals surface area contributed by atoms with E-state index < -0.39 is 10.0 Å². The van der Waals surface area contributed by atoms with Gasteiger partial charge < -0.3 is 4.42 Å². The van der Waals surface area contributed by atoms with Crippen molar-refractivity contribution < 1.29 is 12.8 Å². The van der Waals surface area contributed by atoms with Crippen molar-refractivity contribution >= 4 is 21.0 Å². The minimum absolute atomic E-state index is 0.262. The number of para-hydroxylation sites is 1. The molecule has 0 aliphatic carbocycles. The molecule has 0 atom stereocenters. The molecule has 5 heteroatoms. The predicted molar refractivity (Wildman–Crippen MR) is 53.0 cm³/mol. The number of benzene rings is 1. The predicted octanol–water partition coefficient (Wildman–Crippen LogP) is 1.22. The van der Waals surface area contributed by atoms with Crippen molar-refractivity contribution in [2.24, 2.45) is 5.14 Å². The molecule has 2 aromatic rings. The lowest BCUT2D eigenvalue weighted by molar-refractivity contribution is 0.555. The van der Waals surface area contributed by atoms with Crippen LogP contribution in [0.25, 0.3) is 11.0 Å². The maximum atomic E-state index is 10.8. The molecule has 0 unspecified atom stereocenters. The highest BCUT2D eigenvalue weighted by Gasteiger charge is 2.09. The first kappa shape index (κ1) is 9.23. The van der Waals surface area contributed by atoms with Crippen LogP contribution in [0.3, 0.4) is 0 Å². The number of nitrogens with two attached hydrogens (primary N) is 1. The molecule has 0 amide bonds. The summed E-state index contributed by atoms with van der Waals surface area (Å²) >= 11 is 0. The van der Waals surface area contributed by atoms with Gasteiger partial charge in [0, 0.05) is 5.39 Å². The number of fused-ring (bicyclic) bond motifs is 1. The molecule has 0 fully saturated rings. The largest absolute Gasteiger partial charge is 0.460 e. The zero-order valence-corrected chi connectivity index (χ0v) is 8.12. The standard InChI is InChI=1S/C9H9NO3S/c10-14(11,12)6-8-5-7-3-1-2-4-9(7)13-8/h1-5H,6H2,(H2,10,11,12). The molecule has 0 radical (unpaired) electrons. The Morgan fingerprint density at radius 1 is 1.29 bits per heavy atom. The maximum Gasteiger partial charge on any atom is 0.216 e. The van der Waals surface area contributed by atoms with Crippen LogP contribution < -0.4 is 5.14 Å². The molecule has 0 spiro atoms. The van der Waals surface area contributed by atoms with Crippen LogP contribution in [0.1, 0.15) is 5.76 Å². The molecular formula is C9H9NO3S. The van der Waals surface area contributed by atoms with Crippen LogP contribution in [0.4, 0.5) is 0 Å². The van der Waals surface area contributed by atoms with Crippen LogP contribution in [-0.2, 0) is 15.8 Å². The lowest BCUT2D eigenvalue weighted by atomic mass is 10.2. The number of hydrogen-bond donors (Lipinski definition) is 1. The van der Waals surface area contributed by atoms with Crippen molar-refractivity contribution in [1.82, 2.24) is 0 Å². The summed E-state index contributed by atoms with van der Waals surface area (Å²) in [5.74, 6) is 0.107. The van der Waals surface area contributed by atoms with Crippen molar-refractivity contribution in [3.05, 3.63) is 36.1 Å². The molecule has 0 saturated carbocycles. The molecule has 74 valence electrons. The van der Waals surface area contributed by atoms with Crippen LogP contribution in [0.2, 0.25) is 0 Å². The summed E-state index contributed by atoms with van der Waals surface area (Å²) in [6.07, 6.45) is 0. The number of sulfonamides is 1. The average Bonchev–Trinajstić information content (AvgIpc) is 2.42. The monoisotopic (exact) mass is 211 g/mol. The van der Waals surface area contributed by atoms with Crippen molar-refractivity contribution in [3.8, 4) is 0 Å². The van der Waals surface area contributed by atoms with Gasteiger partial charge in [-0.2, -0.15) is 0 Å². The van der Waals surface area contributed by atoms with Gasteiger partial charge in [-0.05, 0) is 12.1 Å². The second-order valence-electron chi connectivity index (χ2n) is 3.06. The fraction of sp³-hybridized carbons (Fsp3) is 0.111. The first-order valence-electron chi connectivity index (χ1n) is 4.02. The van der Waals surface area contributed by atoms with Gasteiger partial charge >= 0.3 is 0 Å². The second kappa shape index (κ2) is 3.11. The molecule has 0 aliphatic heterocycles. The van der Waals surface area contributed by atoms with Gasteiger partial charge in [-0.1, -0.05) is 18.2 Å². The van der Waals surface area contributed by atoms with Gasteiger partial charge in [-0.25, -0.2) is 13.6 Å². The summed E-state index contributed by atoms with van der Waals surface area (Å²) < 4.78 is 26.9. The number of rotatable bonds is 2. The van der Waals surface area contributed by atoms with E-state index in [-0.39, 0.29) is 5.75 Å². The molecule has 0 bridgehead atoms. The van der Waals surface area contributed by atoms with E-state index in [2.05, 4.69) is 0 Å². The second-order valence-corrected chi connectivity index (χ2v) is 4.67. The Bertz CT molecular complexity index is 523. The number of hydrogen-bond acceptors (Lipinski definition) is 3. The Morgan fingerprint density at radius 2 is 2.00 bits per heavy atom. The van der Waals surface area contributed by atoms with E-state index in [4.69, 9.17) is 9.56 Å². The zero-order valence-electron chi connectivity index (χ0n) is 7.30. The molecule has 2 N–H and O–H groups in total. The topological polar surface area (TPSA) is 73.3 Å². The van der Waals surface area contributed by atoms with E-state index in [1.54, 1.807) is 12.1 Å². The summed E-state index contributed by atoms with van der Waals surface area (Å²) in [6, 6.07) is 9.00. The first-order valence-corrected chi connectivity index (χ1v) is 5.74. The maximum absolute atomic E-state index is 10.8. The lowest BCUT2D eigenvalue weighted by Crippen LogP contribution is -2.13. The highest BCUT2D eigenvalue weighted by Crippen LogP contribution is 2.19. The van der Waals surface area contributed by atoms with E-state index in [1.807, 2.05) is 18.2 Å². The summed E-state index contributed by atoms with van der Waals surface area (Å²) in [5.41, 5.74) is 0.672. The Balaban J connectivity index is 2.46. The average molecular weight is 211 g/mol. The quantitative estimate of drug-likeness (QED) is 0.811. The van der Waals surface area contributed by atoms with Crippen molar-refractivity contribution in [3.63, 3.8) is 0 Å². The van der Waals surface area contributed by atoms with Gasteiger partial charge in [0.05, 0.1) is 0 Å². The highest BCUT2D eigenvalue weighted by atomic mass is 32.2. The van der Waals surface area contributed by atoms with Gasteiger partial charge in [0.2, 0.25) is 10.0 Å². The summed E-state index contributed by atoms with van der Waals surface area (Å²) in [6.45, 7) is 0. The fourth-order valence-corrected chi connectivity index (χ4v) is 1.85. The molecule has 2 rings (SSSR count). The highest BCUT2D eigenvalue weighted by molar-refractivity contribution is 7.88. The minimum Gasteiger partial charge on any atom is -0.460 e. The van der Waals surface area contributed by atoms with E-state index >= 15 is 0 Å². The third-order valence-electron chi connectivity index (χ3n) is 1.82. The Kier molecular flexibility index (Phi) is 2.05. The van der Waals surface area contributed by atoms with Gasteiger partial charge in [0.25, 0.3) is 0 Å². The third-order valence-corrected chi connectivity index (χ3v) is 2.51. The SMILES string of the molecule is NS(=O)(=O)Cc1cc2ccccc2o1. The molecule has 0 saturated heterocycles. The van der Waals surface area contributed by atoms with Gasteiger partial charge in [0.15, 0.2) is 0 Å². The number of furan rings is 1. The van der Waals surface area contributed by atoms with Crippen LogP contribution in [-0.4, -0.2) is 8.42 Å². The van der Waals surface area contributed by atoms with E-state index in [0.717, 1.165) is 5.39 Å². The Morgan fingerprint density at radius 3 is 2.64 bits per heavy atom. The summed E-state index contributed by atoms with van der Waals surface area (Å²) in [7, 11) is -3.52. The molecule has 0 aliphatic rings. The molecule has 1 heterocycles. The van der Waals surface area contributed by atoms with Gasteiger partial charge in [-0.3, -0.25) is 0 Å². The fourth-order valence-electron chi connectivity index (χ4n) is 1.31. The molecular weight excluding hydrogens is 202 g/mol. The van der Waals surface area contributed by atoms with E-state index in [0.29, 0.717) is 11.3 Å². The van der Waals surface area contributed by atoms with E-state index in [9.17, 15) is 8.42 Å². The molecule has 1 aromatic carbocycles. The Labute approximate surface area is 81.4 Å². The first-order chi connectivity index (χ1) is 6.54. The summed E-state index contributed by atoms with van der Waals surface area (Å²) in [4.78, 5) is 0. The molecule has 4 nitrogen and oxygen atoms in total. The third kappa shape index (κ3) is 1.94. The van der Waals surface area contributed by atoms with Crippen LogP contribution >= 0.6 is 0 Å². The molecule has 1 aromatic heterocycles.